The molecule has 0 saturated carbocycles. The number of rotatable bonds is 7. The summed E-state index contributed by atoms with van der Waals surface area (Å²) in [6.45, 7) is 5.91. The molecule has 7 nitrogen and oxygen atoms in total. The van der Waals surface area contributed by atoms with E-state index >= 15 is 0 Å². The summed E-state index contributed by atoms with van der Waals surface area (Å²) in [7, 11) is 1.62. The highest BCUT2D eigenvalue weighted by Crippen LogP contribution is 2.26. The Labute approximate surface area is 145 Å². The van der Waals surface area contributed by atoms with E-state index in [1.54, 1.807) is 18.4 Å². The van der Waals surface area contributed by atoms with Crippen molar-refractivity contribution in [2.75, 3.05) is 26.8 Å². The van der Waals surface area contributed by atoms with Gasteiger partial charge in [-0.05, 0) is 6.92 Å². The Balaban J connectivity index is 1.62. The number of carbonyl (C=O) groups is 1. The topological polar surface area (TPSA) is 72.3 Å². The Bertz CT molecular complexity index is 670. The zero-order valence-electron chi connectivity index (χ0n) is 14.1. The molecule has 1 aliphatic rings. The molecule has 0 bridgehead atoms. The van der Waals surface area contributed by atoms with Gasteiger partial charge < -0.3 is 14.6 Å². The van der Waals surface area contributed by atoms with Gasteiger partial charge in [-0.2, -0.15) is 0 Å². The van der Waals surface area contributed by atoms with E-state index in [-0.39, 0.29) is 11.9 Å². The number of aromatic nitrogens is 3. The second kappa shape index (κ2) is 7.87. The van der Waals surface area contributed by atoms with E-state index in [1.165, 1.54) is 0 Å². The fourth-order valence-electron chi connectivity index (χ4n) is 2.92. The van der Waals surface area contributed by atoms with Crippen molar-refractivity contribution < 1.29 is 9.53 Å². The van der Waals surface area contributed by atoms with Crippen molar-refractivity contribution in [1.29, 1.82) is 0 Å². The van der Waals surface area contributed by atoms with Crippen LogP contribution in [0.5, 0.6) is 0 Å². The van der Waals surface area contributed by atoms with E-state index in [0.29, 0.717) is 19.6 Å². The Morgan fingerprint density at radius 2 is 2.38 bits per heavy atom. The van der Waals surface area contributed by atoms with Crippen LogP contribution in [0.4, 0.5) is 0 Å². The third kappa shape index (κ3) is 4.00. The summed E-state index contributed by atoms with van der Waals surface area (Å²) >= 11 is 1.68. The van der Waals surface area contributed by atoms with Crippen LogP contribution in [0.2, 0.25) is 0 Å². The summed E-state index contributed by atoms with van der Waals surface area (Å²) in [4.78, 5) is 23.4. The van der Waals surface area contributed by atoms with Gasteiger partial charge in [-0.15, -0.1) is 11.3 Å². The zero-order chi connectivity index (χ0) is 16.9. The molecule has 1 aliphatic heterocycles. The van der Waals surface area contributed by atoms with Gasteiger partial charge >= 0.3 is 0 Å². The minimum atomic E-state index is -0.0187. The molecular formula is C16H23N5O2S. The van der Waals surface area contributed by atoms with E-state index in [4.69, 9.17) is 9.72 Å². The average Bonchev–Trinajstić information content (AvgIpc) is 3.20. The van der Waals surface area contributed by atoms with Crippen LogP contribution in [0.25, 0.3) is 0 Å². The molecular weight excluding hydrogens is 326 g/mol. The molecule has 0 aromatic carbocycles. The number of nitrogens with one attached hydrogen (secondary N) is 1. The minimum absolute atomic E-state index is 0.0187. The average molecular weight is 349 g/mol. The molecule has 1 atom stereocenters. The molecule has 2 aromatic rings. The molecule has 1 N–H and O–H groups in total. The van der Waals surface area contributed by atoms with Crippen LogP contribution in [-0.2, 0) is 29.0 Å². The number of carbonyl (C=O) groups excluding carboxylic acids is 1. The van der Waals surface area contributed by atoms with Gasteiger partial charge in [0.15, 0.2) is 0 Å². The third-order valence-corrected chi connectivity index (χ3v) is 4.96. The fourth-order valence-corrected chi connectivity index (χ4v) is 3.56. The number of imidazole rings is 1. The second-order valence-electron chi connectivity index (χ2n) is 5.88. The van der Waals surface area contributed by atoms with Crippen LogP contribution in [0.15, 0.2) is 17.8 Å². The molecule has 24 heavy (non-hydrogen) atoms. The number of fused-ring (bicyclic) bond motifs is 1. The number of methoxy groups -OCH3 is 1. The van der Waals surface area contributed by atoms with Gasteiger partial charge in [-0.3, -0.25) is 9.69 Å². The molecule has 3 rings (SSSR count). The summed E-state index contributed by atoms with van der Waals surface area (Å²) in [5, 5.41) is 5.96. The molecule has 0 saturated heterocycles. The highest BCUT2D eigenvalue weighted by atomic mass is 32.1. The van der Waals surface area contributed by atoms with Crippen molar-refractivity contribution in [2.24, 2.45) is 0 Å². The van der Waals surface area contributed by atoms with Gasteiger partial charge in [0.2, 0.25) is 5.91 Å². The van der Waals surface area contributed by atoms with Gasteiger partial charge in [-0.25, -0.2) is 9.97 Å². The molecule has 1 unspecified atom stereocenters. The van der Waals surface area contributed by atoms with Crippen LogP contribution in [0.3, 0.4) is 0 Å². The van der Waals surface area contributed by atoms with E-state index in [2.05, 4.69) is 26.7 Å². The van der Waals surface area contributed by atoms with E-state index in [0.717, 1.165) is 36.2 Å². The molecule has 3 heterocycles. The van der Waals surface area contributed by atoms with E-state index in [1.807, 2.05) is 17.8 Å². The highest BCUT2D eigenvalue weighted by Gasteiger charge is 2.27. The Hall–Kier alpha value is -1.77. The lowest BCUT2D eigenvalue weighted by molar-refractivity contribution is -0.120. The second-order valence-corrected chi connectivity index (χ2v) is 6.85. The van der Waals surface area contributed by atoms with Crippen LogP contribution in [0.1, 0.15) is 29.5 Å². The minimum Gasteiger partial charge on any atom is -0.383 e. The van der Waals surface area contributed by atoms with Crippen molar-refractivity contribution in [1.82, 2.24) is 24.8 Å². The molecule has 0 fully saturated rings. The van der Waals surface area contributed by atoms with Crippen LogP contribution in [0, 0.1) is 0 Å². The first-order valence-corrected chi connectivity index (χ1v) is 8.99. The van der Waals surface area contributed by atoms with Gasteiger partial charge in [0, 0.05) is 44.5 Å². The summed E-state index contributed by atoms with van der Waals surface area (Å²) in [6.07, 6.45) is 4.15. The predicted octanol–water partition coefficient (Wildman–Crippen LogP) is 1.22. The Morgan fingerprint density at radius 3 is 3.12 bits per heavy atom. The molecule has 1 amide bonds. The number of nitrogens with zero attached hydrogens (tertiary/aromatic N) is 4. The van der Waals surface area contributed by atoms with Gasteiger partial charge in [0.05, 0.1) is 31.3 Å². The maximum absolute atomic E-state index is 11.9. The highest BCUT2D eigenvalue weighted by molar-refractivity contribution is 7.09. The summed E-state index contributed by atoms with van der Waals surface area (Å²) in [5.74, 6) is 1.01. The van der Waals surface area contributed by atoms with Crippen molar-refractivity contribution in [3.05, 3.63) is 34.3 Å². The van der Waals surface area contributed by atoms with Crippen LogP contribution < -0.4 is 5.32 Å². The predicted molar refractivity (Wildman–Crippen MR) is 91.8 cm³/mol. The monoisotopic (exact) mass is 349 g/mol. The van der Waals surface area contributed by atoms with Crippen molar-refractivity contribution >= 4 is 17.2 Å². The fraction of sp³-hybridized carbons (Fsp3) is 0.562. The lowest BCUT2D eigenvalue weighted by Gasteiger charge is -2.32. The van der Waals surface area contributed by atoms with Gasteiger partial charge in [-0.1, -0.05) is 0 Å². The third-order valence-electron chi connectivity index (χ3n) is 4.20. The molecule has 0 radical (unpaired) electrons. The first-order chi connectivity index (χ1) is 11.7. The molecule has 2 aromatic heterocycles. The molecule has 8 heteroatoms. The standard InChI is InChI=1S/C16H23N5O2S/c1-12-16-19-13(9-14(22)17-3-7-23-2)10-21(16)6-5-20(12)11-15-18-4-8-24-15/h4,8,10,12H,3,5-7,9,11H2,1-2H3,(H,17,22). The summed E-state index contributed by atoms with van der Waals surface area (Å²) in [5.41, 5.74) is 0.822. The van der Waals surface area contributed by atoms with E-state index < -0.39 is 0 Å². The largest absolute Gasteiger partial charge is 0.383 e. The van der Waals surface area contributed by atoms with Crippen molar-refractivity contribution in [3.63, 3.8) is 0 Å². The number of amides is 1. The van der Waals surface area contributed by atoms with Crippen LogP contribution in [-0.4, -0.2) is 52.1 Å². The number of ether oxygens (including phenoxy) is 1. The molecule has 0 spiro atoms. The quantitative estimate of drug-likeness (QED) is 0.761. The number of hydrogen-bond acceptors (Lipinski definition) is 6. The Kier molecular flexibility index (Phi) is 5.60. The lowest BCUT2D eigenvalue weighted by Crippen LogP contribution is -2.36. The number of hydrogen-bond donors (Lipinski definition) is 1. The van der Waals surface area contributed by atoms with Gasteiger partial charge in [0.25, 0.3) is 0 Å². The maximum atomic E-state index is 11.9. The first kappa shape index (κ1) is 17.1. The smallest absolute Gasteiger partial charge is 0.226 e. The Morgan fingerprint density at radius 1 is 1.50 bits per heavy atom. The normalized spacial score (nSPS) is 17.7. The SMILES string of the molecule is COCCNC(=O)Cc1cn2c(n1)C(C)N(Cc1nccs1)CC2. The van der Waals surface area contributed by atoms with Crippen LogP contribution >= 0.6 is 11.3 Å². The zero-order valence-corrected chi connectivity index (χ0v) is 14.9. The molecule has 130 valence electrons. The van der Waals surface area contributed by atoms with Gasteiger partial charge in [0.1, 0.15) is 10.8 Å². The lowest BCUT2D eigenvalue weighted by atomic mass is 10.2. The summed E-state index contributed by atoms with van der Waals surface area (Å²) < 4.78 is 7.10. The maximum Gasteiger partial charge on any atom is 0.226 e. The van der Waals surface area contributed by atoms with Crippen molar-refractivity contribution in [3.8, 4) is 0 Å². The molecule has 0 aliphatic carbocycles. The summed E-state index contributed by atoms with van der Waals surface area (Å²) in [6, 6.07) is 0.216. The first-order valence-electron chi connectivity index (χ1n) is 8.11. The van der Waals surface area contributed by atoms with Crippen molar-refractivity contribution in [2.45, 2.75) is 32.5 Å². The van der Waals surface area contributed by atoms with E-state index in [9.17, 15) is 4.79 Å². The number of thiazole rings is 1.